The number of hydrogen-bond donors (Lipinski definition) is 3. The van der Waals surface area contributed by atoms with Crippen molar-refractivity contribution in [3.05, 3.63) is 29.8 Å². The van der Waals surface area contributed by atoms with Crippen molar-refractivity contribution in [3.63, 3.8) is 0 Å². The average molecular weight is 307 g/mol. The minimum absolute atomic E-state index is 0.395. The summed E-state index contributed by atoms with van der Waals surface area (Å²) in [5.74, 6) is -0.970. The Morgan fingerprint density at radius 3 is 1.95 bits per heavy atom. The number of nitrogens with two attached hydrogens (primary N) is 1. The van der Waals surface area contributed by atoms with Gasteiger partial charge in [0.2, 0.25) is 5.91 Å². The molecule has 6 nitrogen and oxygen atoms in total. The van der Waals surface area contributed by atoms with Gasteiger partial charge in [0, 0.05) is 0 Å². The summed E-state index contributed by atoms with van der Waals surface area (Å²) in [6.45, 7) is 7.87. The normalized spacial score (nSPS) is 22.4. The first-order valence-electron chi connectivity index (χ1n) is 7.16. The van der Waals surface area contributed by atoms with Crippen LogP contribution in [-0.2, 0) is 14.1 Å². The van der Waals surface area contributed by atoms with Crippen LogP contribution >= 0.6 is 0 Å². The van der Waals surface area contributed by atoms with E-state index in [0.29, 0.717) is 5.56 Å². The SMILES string of the molecule is CC1(C)OB(c2ccc(C(O)C(O)C(N)=O)cc2)OC1(C)C. The van der Waals surface area contributed by atoms with Gasteiger partial charge in [-0.2, -0.15) is 0 Å². The van der Waals surface area contributed by atoms with Crippen LogP contribution in [0.3, 0.4) is 0 Å². The molecule has 2 unspecified atom stereocenters. The lowest BCUT2D eigenvalue weighted by Gasteiger charge is -2.32. The van der Waals surface area contributed by atoms with E-state index in [-0.39, 0.29) is 0 Å². The maximum atomic E-state index is 10.9. The third kappa shape index (κ3) is 3.03. The van der Waals surface area contributed by atoms with E-state index in [1.807, 2.05) is 27.7 Å². The van der Waals surface area contributed by atoms with E-state index in [1.165, 1.54) is 0 Å². The van der Waals surface area contributed by atoms with Crippen molar-refractivity contribution >= 4 is 18.5 Å². The van der Waals surface area contributed by atoms with Crippen LogP contribution in [0.4, 0.5) is 0 Å². The van der Waals surface area contributed by atoms with Gasteiger partial charge in [0.1, 0.15) is 6.10 Å². The second-order valence-electron chi connectivity index (χ2n) is 6.55. The Balaban J connectivity index is 2.15. The standard InChI is InChI=1S/C15H22BNO5/c1-14(2)15(3,4)22-16(21-14)10-7-5-9(6-8-10)11(18)12(19)13(17)20/h5-8,11-12,18-19H,1-4H3,(H2,17,20). The lowest BCUT2D eigenvalue weighted by atomic mass is 9.78. The zero-order chi connectivity index (χ0) is 16.7. The number of benzene rings is 1. The van der Waals surface area contributed by atoms with E-state index in [0.717, 1.165) is 5.46 Å². The summed E-state index contributed by atoms with van der Waals surface area (Å²) >= 11 is 0. The van der Waals surface area contributed by atoms with Gasteiger partial charge in [-0.3, -0.25) is 4.79 Å². The van der Waals surface area contributed by atoms with Crippen LogP contribution in [0.15, 0.2) is 24.3 Å². The Bertz CT molecular complexity index is 542. The third-order valence-corrected chi connectivity index (χ3v) is 4.39. The van der Waals surface area contributed by atoms with Gasteiger partial charge < -0.3 is 25.3 Å². The second kappa shape index (κ2) is 5.66. The molecule has 0 radical (unpaired) electrons. The zero-order valence-corrected chi connectivity index (χ0v) is 13.2. The highest BCUT2D eigenvalue weighted by Gasteiger charge is 2.51. The van der Waals surface area contributed by atoms with Crippen LogP contribution < -0.4 is 11.2 Å². The van der Waals surface area contributed by atoms with Gasteiger partial charge >= 0.3 is 7.12 Å². The van der Waals surface area contributed by atoms with Gasteiger partial charge in [-0.05, 0) is 38.7 Å². The first kappa shape index (κ1) is 17.0. The zero-order valence-electron chi connectivity index (χ0n) is 13.2. The lowest BCUT2D eigenvalue weighted by Crippen LogP contribution is -2.41. The van der Waals surface area contributed by atoms with Crippen molar-refractivity contribution in [2.75, 3.05) is 0 Å². The smallest absolute Gasteiger partial charge is 0.399 e. The summed E-state index contributed by atoms with van der Waals surface area (Å²) in [4.78, 5) is 10.9. The van der Waals surface area contributed by atoms with Crippen molar-refractivity contribution in [1.29, 1.82) is 0 Å². The minimum Gasteiger partial charge on any atom is -0.399 e. The number of aliphatic hydroxyl groups excluding tert-OH is 2. The molecule has 7 heteroatoms. The fourth-order valence-corrected chi connectivity index (χ4v) is 2.17. The highest BCUT2D eigenvalue weighted by Crippen LogP contribution is 2.36. The summed E-state index contributed by atoms with van der Waals surface area (Å²) in [5.41, 5.74) is 5.30. The van der Waals surface area contributed by atoms with E-state index in [2.05, 4.69) is 0 Å². The van der Waals surface area contributed by atoms with Crippen molar-refractivity contribution < 1.29 is 24.3 Å². The molecule has 0 saturated carbocycles. The first-order chi connectivity index (χ1) is 10.0. The molecule has 1 aliphatic rings. The molecular formula is C15H22BNO5. The van der Waals surface area contributed by atoms with E-state index in [1.54, 1.807) is 24.3 Å². The molecule has 22 heavy (non-hydrogen) atoms. The van der Waals surface area contributed by atoms with E-state index in [4.69, 9.17) is 15.0 Å². The molecule has 2 atom stereocenters. The first-order valence-corrected chi connectivity index (χ1v) is 7.16. The number of amides is 1. The average Bonchev–Trinajstić information content (AvgIpc) is 2.66. The molecular weight excluding hydrogens is 285 g/mol. The molecule has 0 aliphatic carbocycles. The molecule has 1 aromatic rings. The van der Waals surface area contributed by atoms with Crippen molar-refractivity contribution in [2.45, 2.75) is 51.1 Å². The molecule has 4 N–H and O–H groups in total. The van der Waals surface area contributed by atoms with Crippen LogP contribution in [0.5, 0.6) is 0 Å². The largest absolute Gasteiger partial charge is 0.494 e. The number of carbonyl (C=O) groups is 1. The van der Waals surface area contributed by atoms with Crippen molar-refractivity contribution in [1.82, 2.24) is 0 Å². The number of carbonyl (C=O) groups excluding carboxylic acids is 1. The maximum absolute atomic E-state index is 10.9. The molecule has 1 amide bonds. The Morgan fingerprint density at radius 2 is 1.55 bits per heavy atom. The molecule has 1 aliphatic heterocycles. The van der Waals surface area contributed by atoms with Gasteiger partial charge in [-0.1, -0.05) is 24.3 Å². The molecule has 1 aromatic carbocycles. The monoisotopic (exact) mass is 307 g/mol. The molecule has 1 fully saturated rings. The summed E-state index contributed by atoms with van der Waals surface area (Å²) in [6, 6.07) is 6.68. The number of hydrogen-bond acceptors (Lipinski definition) is 5. The van der Waals surface area contributed by atoms with Gasteiger partial charge in [0.15, 0.2) is 6.10 Å². The summed E-state index contributed by atoms with van der Waals surface area (Å²) < 4.78 is 11.9. The Hall–Kier alpha value is -1.41. The lowest BCUT2D eigenvalue weighted by molar-refractivity contribution is -0.131. The fourth-order valence-electron chi connectivity index (χ4n) is 2.17. The molecule has 0 aromatic heterocycles. The third-order valence-electron chi connectivity index (χ3n) is 4.39. The second-order valence-corrected chi connectivity index (χ2v) is 6.55. The predicted octanol–water partition coefficient (Wildman–Crippen LogP) is -0.135. The van der Waals surface area contributed by atoms with E-state index < -0.39 is 36.4 Å². The van der Waals surface area contributed by atoms with E-state index in [9.17, 15) is 15.0 Å². The number of primary amides is 1. The van der Waals surface area contributed by atoms with Crippen LogP contribution in [0.1, 0.15) is 39.4 Å². The Kier molecular flexibility index (Phi) is 4.36. The molecule has 1 saturated heterocycles. The van der Waals surface area contributed by atoms with Crippen LogP contribution in [-0.4, -0.2) is 40.5 Å². The predicted molar refractivity (Wildman–Crippen MR) is 82.3 cm³/mol. The van der Waals surface area contributed by atoms with Crippen molar-refractivity contribution in [2.24, 2.45) is 5.73 Å². The highest BCUT2D eigenvalue weighted by atomic mass is 16.7. The highest BCUT2D eigenvalue weighted by molar-refractivity contribution is 6.62. The van der Waals surface area contributed by atoms with Crippen LogP contribution in [0.2, 0.25) is 0 Å². The Labute approximate surface area is 130 Å². The quantitative estimate of drug-likeness (QED) is 0.672. The molecule has 120 valence electrons. The van der Waals surface area contributed by atoms with Crippen LogP contribution in [0, 0.1) is 0 Å². The molecule has 1 heterocycles. The molecule has 2 rings (SSSR count). The van der Waals surface area contributed by atoms with E-state index >= 15 is 0 Å². The Morgan fingerprint density at radius 1 is 1.09 bits per heavy atom. The van der Waals surface area contributed by atoms with Gasteiger partial charge in [-0.25, -0.2) is 0 Å². The molecule has 0 bridgehead atoms. The minimum atomic E-state index is -1.64. The topological polar surface area (TPSA) is 102 Å². The summed E-state index contributed by atoms with van der Waals surface area (Å²) in [5, 5.41) is 19.4. The maximum Gasteiger partial charge on any atom is 0.494 e. The van der Waals surface area contributed by atoms with Gasteiger partial charge in [0.25, 0.3) is 0 Å². The van der Waals surface area contributed by atoms with Gasteiger partial charge in [-0.15, -0.1) is 0 Å². The summed E-state index contributed by atoms with van der Waals surface area (Å²) in [7, 11) is -0.503. The van der Waals surface area contributed by atoms with Crippen molar-refractivity contribution in [3.8, 4) is 0 Å². The van der Waals surface area contributed by atoms with Gasteiger partial charge in [0.05, 0.1) is 11.2 Å². The number of aliphatic hydroxyl groups is 2. The number of rotatable bonds is 4. The fraction of sp³-hybridized carbons (Fsp3) is 0.533. The molecule has 0 spiro atoms. The van der Waals surface area contributed by atoms with Crippen LogP contribution in [0.25, 0.3) is 0 Å². The summed E-state index contributed by atoms with van der Waals surface area (Å²) in [6.07, 6.45) is -2.99.